The van der Waals surface area contributed by atoms with Crippen LogP contribution in [0.1, 0.15) is 12.5 Å². The summed E-state index contributed by atoms with van der Waals surface area (Å²) in [6, 6.07) is 8.05. The minimum atomic E-state index is 0.0119. The molecule has 0 atom stereocenters. The molecule has 0 fully saturated rings. The molecule has 2 rings (SSSR count). The van der Waals surface area contributed by atoms with Gasteiger partial charge in [-0.3, -0.25) is 0 Å². The summed E-state index contributed by atoms with van der Waals surface area (Å²) in [5.41, 5.74) is 0.863. The SMILES string of the molecule is CCN(CCOC)c1ncc(CO)c2ccccc12. The molecule has 19 heavy (non-hydrogen) atoms. The number of rotatable bonds is 6. The molecular weight excluding hydrogens is 240 g/mol. The molecule has 1 heterocycles. The molecule has 0 amide bonds. The molecular formula is C15H20N2O2. The molecule has 102 valence electrons. The van der Waals surface area contributed by atoms with Crippen LogP contribution in [0.3, 0.4) is 0 Å². The van der Waals surface area contributed by atoms with Gasteiger partial charge in [-0.05, 0) is 12.3 Å². The van der Waals surface area contributed by atoms with Gasteiger partial charge in [0.05, 0.1) is 13.2 Å². The topological polar surface area (TPSA) is 45.6 Å². The highest BCUT2D eigenvalue weighted by Gasteiger charge is 2.11. The van der Waals surface area contributed by atoms with Crippen LogP contribution in [0.15, 0.2) is 30.5 Å². The Morgan fingerprint density at radius 2 is 2.00 bits per heavy atom. The van der Waals surface area contributed by atoms with Crippen LogP contribution in [0, 0.1) is 0 Å². The van der Waals surface area contributed by atoms with Crippen molar-refractivity contribution in [3.05, 3.63) is 36.0 Å². The first-order chi connectivity index (χ1) is 9.31. The van der Waals surface area contributed by atoms with E-state index in [-0.39, 0.29) is 6.61 Å². The van der Waals surface area contributed by atoms with Crippen LogP contribution in [0.5, 0.6) is 0 Å². The van der Waals surface area contributed by atoms with Crippen LogP contribution in [-0.4, -0.2) is 36.9 Å². The van der Waals surface area contributed by atoms with Gasteiger partial charge in [-0.25, -0.2) is 4.98 Å². The second kappa shape index (κ2) is 6.50. The molecule has 0 radical (unpaired) electrons. The standard InChI is InChI=1S/C15H20N2O2/c1-3-17(8-9-19-2)15-14-7-5-4-6-13(14)12(11-18)10-16-15/h4-7,10,18H,3,8-9,11H2,1-2H3. The lowest BCUT2D eigenvalue weighted by Crippen LogP contribution is -2.28. The van der Waals surface area contributed by atoms with Gasteiger partial charge in [0.2, 0.25) is 0 Å². The largest absolute Gasteiger partial charge is 0.392 e. The summed E-state index contributed by atoms with van der Waals surface area (Å²) in [7, 11) is 1.70. The van der Waals surface area contributed by atoms with Gasteiger partial charge in [-0.1, -0.05) is 24.3 Å². The zero-order valence-electron chi connectivity index (χ0n) is 11.5. The van der Waals surface area contributed by atoms with Gasteiger partial charge in [0.25, 0.3) is 0 Å². The number of fused-ring (bicyclic) bond motifs is 1. The van der Waals surface area contributed by atoms with Gasteiger partial charge in [-0.15, -0.1) is 0 Å². The number of nitrogens with zero attached hydrogens (tertiary/aromatic N) is 2. The fraction of sp³-hybridized carbons (Fsp3) is 0.400. The van der Waals surface area contributed by atoms with Crippen LogP contribution in [0.2, 0.25) is 0 Å². The summed E-state index contributed by atoms with van der Waals surface area (Å²) in [6.07, 6.45) is 1.76. The van der Waals surface area contributed by atoms with Crippen molar-refractivity contribution < 1.29 is 9.84 Å². The third kappa shape index (κ3) is 2.85. The highest BCUT2D eigenvalue weighted by atomic mass is 16.5. The van der Waals surface area contributed by atoms with Gasteiger partial charge in [0, 0.05) is 37.3 Å². The van der Waals surface area contributed by atoms with Crippen molar-refractivity contribution in [1.29, 1.82) is 0 Å². The Hall–Kier alpha value is -1.65. The molecule has 4 heteroatoms. The van der Waals surface area contributed by atoms with E-state index in [0.717, 1.165) is 35.2 Å². The van der Waals surface area contributed by atoms with Crippen molar-refractivity contribution in [3.8, 4) is 0 Å². The average molecular weight is 260 g/mol. The van der Waals surface area contributed by atoms with E-state index in [1.54, 1.807) is 13.3 Å². The lowest BCUT2D eigenvalue weighted by atomic mass is 10.1. The van der Waals surface area contributed by atoms with Crippen LogP contribution < -0.4 is 4.90 Å². The monoisotopic (exact) mass is 260 g/mol. The normalized spacial score (nSPS) is 10.9. The van der Waals surface area contributed by atoms with Crippen LogP contribution in [-0.2, 0) is 11.3 Å². The molecule has 1 aromatic heterocycles. The lowest BCUT2D eigenvalue weighted by molar-refractivity contribution is 0.205. The molecule has 0 bridgehead atoms. The Labute approximate surface area is 113 Å². The molecule has 0 aliphatic rings. The van der Waals surface area contributed by atoms with E-state index in [1.165, 1.54) is 0 Å². The number of aliphatic hydroxyl groups is 1. The minimum absolute atomic E-state index is 0.0119. The zero-order valence-corrected chi connectivity index (χ0v) is 11.5. The highest BCUT2D eigenvalue weighted by molar-refractivity contribution is 5.94. The minimum Gasteiger partial charge on any atom is -0.392 e. The molecule has 0 spiro atoms. The Balaban J connectivity index is 2.48. The summed E-state index contributed by atoms with van der Waals surface area (Å²) < 4.78 is 5.14. The summed E-state index contributed by atoms with van der Waals surface area (Å²) >= 11 is 0. The fourth-order valence-corrected chi connectivity index (χ4v) is 2.23. The quantitative estimate of drug-likeness (QED) is 0.865. The van der Waals surface area contributed by atoms with Crippen molar-refractivity contribution >= 4 is 16.6 Å². The number of hydrogen-bond donors (Lipinski definition) is 1. The number of aromatic nitrogens is 1. The number of pyridine rings is 1. The van der Waals surface area contributed by atoms with E-state index in [1.807, 2.05) is 24.3 Å². The van der Waals surface area contributed by atoms with Crippen molar-refractivity contribution in [1.82, 2.24) is 4.98 Å². The van der Waals surface area contributed by atoms with E-state index in [2.05, 4.69) is 16.8 Å². The summed E-state index contributed by atoms with van der Waals surface area (Å²) in [6.45, 7) is 4.47. The maximum atomic E-state index is 9.39. The van der Waals surface area contributed by atoms with E-state index in [0.29, 0.717) is 6.61 Å². The summed E-state index contributed by atoms with van der Waals surface area (Å²) in [5, 5.41) is 11.5. The first kappa shape index (κ1) is 13.8. The number of benzene rings is 1. The average Bonchev–Trinajstić information content (AvgIpc) is 2.48. The van der Waals surface area contributed by atoms with E-state index in [9.17, 15) is 5.11 Å². The highest BCUT2D eigenvalue weighted by Crippen LogP contribution is 2.27. The number of anilines is 1. The Kier molecular flexibility index (Phi) is 4.71. The number of aliphatic hydroxyl groups excluding tert-OH is 1. The number of hydrogen-bond acceptors (Lipinski definition) is 4. The van der Waals surface area contributed by atoms with Gasteiger partial charge in [0.15, 0.2) is 0 Å². The first-order valence-corrected chi connectivity index (χ1v) is 6.53. The zero-order chi connectivity index (χ0) is 13.7. The Morgan fingerprint density at radius 1 is 1.26 bits per heavy atom. The molecule has 4 nitrogen and oxygen atoms in total. The smallest absolute Gasteiger partial charge is 0.136 e. The fourth-order valence-electron chi connectivity index (χ4n) is 2.23. The maximum Gasteiger partial charge on any atom is 0.136 e. The van der Waals surface area contributed by atoms with Gasteiger partial charge in [-0.2, -0.15) is 0 Å². The van der Waals surface area contributed by atoms with Gasteiger partial charge < -0.3 is 14.7 Å². The molecule has 0 saturated heterocycles. The van der Waals surface area contributed by atoms with Crippen LogP contribution in [0.25, 0.3) is 10.8 Å². The second-order valence-electron chi connectivity index (χ2n) is 4.38. The molecule has 0 saturated carbocycles. The predicted octanol–water partition coefficient (Wildman–Crippen LogP) is 2.20. The van der Waals surface area contributed by atoms with Crippen molar-refractivity contribution in [2.45, 2.75) is 13.5 Å². The molecule has 1 aromatic carbocycles. The molecule has 1 N–H and O–H groups in total. The van der Waals surface area contributed by atoms with Crippen LogP contribution >= 0.6 is 0 Å². The molecule has 2 aromatic rings. The van der Waals surface area contributed by atoms with Crippen molar-refractivity contribution in [2.24, 2.45) is 0 Å². The Morgan fingerprint density at radius 3 is 2.63 bits per heavy atom. The van der Waals surface area contributed by atoms with E-state index >= 15 is 0 Å². The summed E-state index contributed by atoms with van der Waals surface area (Å²) in [4.78, 5) is 6.70. The van der Waals surface area contributed by atoms with E-state index < -0.39 is 0 Å². The van der Waals surface area contributed by atoms with Gasteiger partial charge in [0.1, 0.15) is 5.82 Å². The van der Waals surface area contributed by atoms with Crippen LogP contribution in [0.4, 0.5) is 5.82 Å². The van der Waals surface area contributed by atoms with E-state index in [4.69, 9.17) is 4.74 Å². The second-order valence-corrected chi connectivity index (χ2v) is 4.38. The first-order valence-electron chi connectivity index (χ1n) is 6.53. The molecule has 0 unspecified atom stereocenters. The third-order valence-corrected chi connectivity index (χ3v) is 3.27. The Bertz CT molecular complexity index is 543. The molecule has 0 aliphatic heterocycles. The molecule has 0 aliphatic carbocycles. The van der Waals surface area contributed by atoms with Gasteiger partial charge >= 0.3 is 0 Å². The predicted molar refractivity (Wildman–Crippen MR) is 77.4 cm³/mol. The van der Waals surface area contributed by atoms with Crippen molar-refractivity contribution in [2.75, 3.05) is 31.7 Å². The summed E-state index contributed by atoms with van der Waals surface area (Å²) in [5.74, 6) is 0.951. The third-order valence-electron chi connectivity index (χ3n) is 3.27. The van der Waals surface area contributed by atoms with Crippen molar-refractivity contribution in [3.63, 3.8) is 0 Å². The number of ether oxygens (including phenoxy) is 1. The maximum absolute atomic E-state index is 9.39. The number of methoxy groups -OCH3 is 1. The lowest BCUT2D eigenvalue weighted by Gasteiger charge is -2.23. The number of likely N-dealkylation sites (N-methyl/N-ethyl adjacent to an activating group) is 1.